The minimum Gasteiger partial charge on any atom is -0.352 e. The quantitative estimate of drug-likeness (QED) is 0.704. The lowest BCUT2D eigenvalue weighted by Gasteiger charge is -2.34. The Balaban J connectivity index is 1.38. The van der Waals surface area contributed by atoms with Crippen LogP contribution >= 0.6 is 0 Å². The molecule has 1 aromatic carbocycles. The highest BCUT2D eigenvalue weighted by molar-refractivity contribution is 5.97. The molecule has 7 nitrogen and oxygen atoms in total. The monoisotopic (exact) mass is 372 g/mol. The number of rotatable bonds is 6. The molecular weight excluding hydrogens is 344 g/mol. The van der Waals surface area contributed by atoms with E-state index in [1.54, 1.807) is 6.92 Å². The number of piperidine rings is 1. The highest BCUT2D eigenvalue weighted by atomic mass is 16.2. The first-order valence-corrected chi connectivity index (χ1v) is 9.70. The van der Waals surface area contributed by atoms with Crippen molar-refractivity contribution >= 4 is 17.8 Å². The molecule has 1 aromatic rings. The second kappa shape index (κ2) is 8.99. The normalized spacial score (nSPS) is 19.1. The topological polar surface area (TPSA) is 90.5 Å². The van der Waals surface area contributed by atoms with Gasteiger partial charge in [-0.05, 0) is 51.3 Å². The Morgan fingerprint density at radius 1 is 1.07 bits per heavy atom. The Morgan fingerprint density at radius 3 is 2.37 bits per heavy atom. The number of carbonyl (C=O) groups is 3. The Kier molecular flexibility index (Phi) is 6.45. The molecule has 0 unspecified atom stereocenters. The van der Waals surface area contributed by atoms with Gasteiger partial charge < -0.3 is 10.6 Å². The number of carbonyl (C=O) groups excluding carboxylic acids is 3. The average Bonchev–Trinajstić information content (AvgIpc) is 3.50. The fourth-order valence-corrected chi connectivity index (χ4v) is 3.31. The standard InChI is InChI=1S/C20H28N4O3/c1-14(18(25)23-20(27)22-17-7-8-17)24-11-9-16(10-12-24)19(26)21-13-15-5-3-2-4-6-15/h2-6,14,16-17H,7-13H2,1H3,(H,21,26)(H2,22,23,25,27)/t14-/m1/s1. The third-order valence-corrected chi connectivity index (χ3v) is 5.29. The SMILES string of the molecule is C[C@H](C(=O)NC(=O)NC1CC1)N1CCC(C(=O)NCc2ccccc2)CC1. The summed E-state index contributed by atoms with van der Waals surface area (Å²) in [6.07, 6.45) is 3.40. The van der Waals surface area contributed by atoms with Gasteiger partial charge in [-0.15, -0.1) is 0 Å². The van der Waals surface area contributed by atoms with Crippen LogP contribution in [-0.2, 0) is 16.1 Å². The predicted molar refractivity (Wildman–Crippen MR) is 102 cm³/mol. The molecule has 1 saturated heterocycles. The van der Waals surface area contributed by atoms with Crippen molar-refractivity contribution in [2.24, 2.45) is 5.92 Å². The summed E-state index contributed by atoms with van der Waals surface area (Å²) in [7, 11) is 0. The molecule has 27 heavy (non-hydrogen) atoms. The molecule has 1 aliphatic heterocycles. The molecule has 3 N–H and O–H groups in total. The Hall–Kier alpha value is -2.41. The molecule has 0 spiro atoms. The molecule has 0 bridgehead atoms. The first kappa shape index (κ1) is 19.4. The maximum absolute atomic E-state index is 12.4. The van der Waals surface area contributed by atoms with Gasteiger partial charge in [0.15, 0.2) is 0 Å². The van der Waals surface area contributed by atoms with Gasteiger partial charge in [0.25, 0.3) is 0 Å². The van der Waals surface area contributed by atoms with Crippen LogP contribution in [0.4, 0.5) is 4.79 Å². The maximum Gasteiger partial charge on any atom is 0.321 e. The molecule has 1 aliphatic carbocycles. The second-order valence-electron chi connectivity index (χ2n) is 7.43. The molecule has 146 valence electrons. The van der Waals surface area contributed by atoms with E-state index in [9.17, 15) is 14.4 Å². The minimum atomic E-state index is -0.412. The van der Waals surface area contributed by atoms with Crippen LogP contribution in [0.2, 0.25) is 0 Å². The third kappa shape index (κ3) is 5.79. The number of hydrogen-bond acceptors (Lipinski definition) is 4. The van der Waals surface area contributed by atoms with E-state index >= 15 is 0 Å². The maximum atomic E-state index is 12.4. The van der Waals surface area contributed by atoms with E-state index in [4.69, 9.17) is 0 Å². The largest absolute Gasteiger partial charge is 0.352 e. The van der Waals surface area contributed by atoms with Crippen molar-refractivity contribution in [2.45, 2.75) is 51.2 Å². The molecule has 3 rings (SSSR count). The van der Waals surface area contributed by atoms with Crippen molar-refractivity contribution in [3.8, 4) is 0 Å². The van der Waals surface area contributed by atoms with Crippen molar-refractivity contribution in [1.82, 2.24) is 20.9 Å². The van der Waals surface area contributed by atoms with E-state index in [1.165, 1.54) is 0 Å². The number of hydrogen-bond donors (Lipinski definition) is 3. The van der Waals surface area contributed by atoms with Gasteiger partial charge in [-0.25, -0.2) is 4.79 Å². The van der Waals surface area contributed by atoms with Crippen molar-refractivity contribution in [1.29, 1.82) is 0 Å². The predicted octanol–water partition coefficient (Wildman–Crippen LogP) is 1.39. The Morgan fingerprint density at radius 2 is 1.74 bits per heavy atom. The highest BCUT2D eigenvalue weighted by Gasteiger charge is 2.31. The molecule has 4 amide bonds. The molecule has 1 saturated carbocycles. The summed E-state index contributed by atoms with van der Waals surface area (Å²) in [5.41, 5.74) is 1.08. The van der Waals surface area contributed by atoms with Crippen molar-refractivity contribution < 1.29 is 14.4 Å². The smallest absolute Gasteiger partial charge is 0.321 e. The lowest BCUT2D eigenvalue weighted by molar-refractivity contribution is -0.128. The summed E-state index contributed by atoms with van der Waals surface area (Å²) in [5.74, 6) is -0.252. The van der Waals surface area contributed by atoms with Gasteiger partial charge in [0.05, 0.1) is 6.04 Å². The summed E-state index contributed by atoms with van der Waals surface area (Å²) in [6, 6.07) is 9.26. The molecule has 7 heteroatoms. The third-order valence-electron chi connectivity index (χ3n) is 5.29. The highest BCUT2D eigenvalue weighted by Crippen LogP contribution is 2.20. The van der Waals surface area contributed by atoms with E-state index in [0.29, 0.717) is 32.5 Å². The summed E-state index contributed by atoms with van der Waals surface area (Å²) >= 11 is 0. The first-order valence-electron chi connectivity index (χ1n) is 9.70. The molecule has 2 aliphatic rings. The first-order chi connectivity index (χ1) is 13.0. The Labute approximate surface area is 159 Å². The number of nitrogens with zero attached hydrogens (tertiary/aromatic N) is 1. The Bertz CT molecular complexity index is 667. The van der Waals surface area contributed by atoms with Gasteiger partial charge >= 0.3 is 6.03 Å². The van der Waals surface area contributed by atoms with Crippen LogP contribution in [0.5, 0.6) is 0 Å². The molecule has 0 aromatic heterocycles. The zero-order chi connectivity index (χ0) is 19.2. The summed E-state index contributed by atoms with van der Waals surface area (Å²) in [6.45, 7) is 3.68. The van der Waals surface area contributed by atoms with Gasteiger partial charge in [0, 0.05) is 18.5 Å². The number of amides is 4. The molecule has 1 atom stereocenters. The minimum absolute atomic E-state index is 0.0293. The summed E-state index contributed by atoms with van der Waals surface area (Å²) in [4.78, 5) is 38.3. The molecule has 0 radical (unpaired) electrons. The number of benzene rings is 1. The van der Waals surface area contributed by atoms with Crippen molar-refractivity contribution in [3.05, 3.63) is 35.9 Å². The van der Waals surface area contributed by atoms with E-state index in [2.05, 4.69) is 16.0 Å². The summed E-state index contributed by atoms with van der Waals surface area (Å²) < 4.78 is 0. The van der Waals surface area contributed by atoms with E-state index in [1.807, 2.05) is 35.2 Å². The van der Waals surface area contributed by atoms with Crippen LogP contribution in [-0.4, -0.2) is 47.9 Å². The van der Waals surface area contributed by atoms with Crippen LogP contribution in [0, 0.1) is 5.92 Å². The van der Waals surface area contributed by atoms with E-state index in [0.717, 1.165) is 18.4 Å². The number of likely N-dealkylation sites (tertiary alicyclic amines) is 1. The van der Waals surface area contributed by atoms with Crippen LogP contribution in [0.15, 0.2) is 30.3 Å². The zero-order valence-corrected chi connectivity index (χ0v) is 15.7. The average molecular weight is 372 g/mol. The van der Waals surface area contributed by atoms with Crippen LogP contribution in [0.3, 0.4) is 0 Å². The van der Waals surface area contributed by atoms with Crippen molar-refractivity contribution in [2.75, 3.05) is 13.1 Å². The fourth-order valence-electron chi connectivity index (χ4n) is 3.31. The van der Waals surface area contributed by atoms with Crippen LogP contribution in [0.25, 0.3) is 0 Å². The van der Waals surface area contributed by atoms with Gasteiger partial charge in [-0.3, -0.25) is 19.8 Å². The summed E-state index contributed by atoms with van der Waals surface area (Å²) in [5, 5.41) is 8.16. The van der Waals surface area contributed by atoms with E-state index < -0.39 is 6.03 Å². The van der Waals surface area contributed by atoms with Crippen LogP contribution in [0.1, 0.15) is 38.2 Å². The number of nitrogens with one attached hydrogen (secondary N) is 3. The number of urea groups is 1. The van der Waals surface area contributed by atoms with Crippen LogP contribution < -0.4 is 16.0 Å². The van der Waals surface area contributed by atoms with Gasteiger partial charge in [-0.1, -0.05) is 30.3 Å². The molecular formula is C20H28N4O3. The second-order valence-corrected chi connectivity index (χ2v) is 7.43. The lowest BCUT2D eigenvalue weighted by atomic mass is 9.95. The van der Waals surface area contributed by atoms with E-state index in [-0.39, 0.29) is 29.8 Å². The van der Waals surface area contributed by atoms with Gasteiger partial charge in [-0.2, -0.15) is 0 Å². The van der Waals surface area contributed by atoms with Gasteiger partial charge in [0.1, 0.15) is 0 Å². The molecule has 2 fully saturated rings. The number of imide groups is 1. The zero-order valence-electron chi connectivity index (χ0n) is 15.7. The van der Waals surface area contributed by atoms with Crippen molar-refractivity contribution in [3.63, 3.8) is 0 Å². The van der Waals surface area contributed by atoms with Gasteiger partial charge in [0.2, 0.25) is 11.8 Å². The lowest BCUT2D eigenvalue weighted by Crippen LogP contribution is -2.52. The molecule has 1 heterocycles. The fraction of sp³-hybridized carbons (Fsp3) is 0.550.